The number of rotatable bonds is 3. The highest BCUT2D eigenvalue weighted by atomic mass is 16.6. The highest BCUT2D eigenvalue weighted by molar-refractivity contribution is 5.82. The molecule has 3 aliphatic rings. The minimum Gasteiger partial charge on any atom is -0.485 e. The molecule has 0 saturated carbocycles. The van der Waals surface area contributed by atoms with Crippen molar-refractivity contribution < 1.29 is 14.3 Å². The number of hydrogen-bond donors (Lipinski definition) is 0. The smallest absolute Gasteiger partial charge is 0.267 e. The van der Waals surface area contributed by atoms with Crippen molar-refractivity contribution in [3.63, 3.8) is 0 Å². The number of carbonyl (C=O) groups excluding carboxylic acids is 1. The van der Waals surface area contributed by atoms with Crippen LogP contribution in [0.2, 0.25) is 0 Å². The van der Waals surface area contributed by atoms with Crippen molar-refractivity contribution in [2.45, 2.75) is 32.3 Å². The van der Waals surface area contributed by atoms with Gasteiger partial charge in [-0.05, 0) is 38.3 Å². The number of piperidine rings is 1. The third-order valence-corrected chi connectivity index (χ3v) is 6.17. The average Bonchev–Trinajstić information content (AvgIpc) is 2.83. The molecule has 8 heteroatoms. The molecule has 164 valence electrons. The number of aryl methyl sites for hydroxylation is 1. The van der Waals surface area contributed by atoms with Gasteiger partial charge in [0.15, 0.2) is 11.5 Å². The number of anilines is 2. The lowest BCUT2D eigenvalue weighted by molar-refractivity contribution is -0.141. The van der Waals surface area contributed by atoms with Gasteiger partial charge in [0.05, 0.1) is 0 Å². The van der Waals surface area contributed by atoms with E-state index in [-0.39, 0.29) is 12.5 Å². The van der Waals surface area contributed by atoms with Crippen LogP contribution < -0.4 is 19.3 Å². The molecule has 0 bridgehead atoms. The van der Waals surface area contributed by atoms with Crippen LogP contribution in [0, 0.1) is 6.92 Å². The molecule has 1 amide bonds. The van der Waals surface area contributed by atoms with E-state index in [1.165, 1.54) is 19.3 Å². The number of ether oxygens (including phenoxy) is 2. The standard InChI is InChI=1S/C23H29N5O3/c1-17-15-21(26-9-5-2-6-10-26)25-23(24-17)28-13-11-27(12-14-28)22(29)20-16-30-18-7-3-4-8-19(18)31-20/h3-4,7-8,15,20H,2,5-6,9-14,16H2,1H3. The summed E-state index contributed by atoms with van der Waals surface area (Å²) in [7, 11) is 0. The molecule has 1 atom stereocenters. The first-order valence-electron chi connectivity index (χ1n) is 11.2. The minimum absolute atomic E-state index is 0.0201. The van der Waals surface area contributed by atoms with Gasteiger partial charge in [0.1, 0.15) is 12.4 Å². The van der Waals surface area contributed by atoms with Crippen LogP contribution in [0.25, 0.3) is 0 Å². The summed E-state index contributed by atoms with van der Waals surface area (Å²) in [5.74, 6) is 3.08. The van der Waals surface area contributed by atoms with Gasteiger partial charge < -0.3 is 24.2 Å². The minimum atomic E-state index is -0.595. The highest BCUT2D eigenvalue weighted by Crippen LogP contribution is 2.31. The van der Waals surface area contributed by atoms with Crippen LogP contribution in [-0.4, -0.2) is 72.8 Å². The average molecular weight is 424 g/mol. The van der Waals surface area contributed by atoms with Gasteiger partial charge in [-0.3, -0.25) is 4.79 Å². The summed E-state index contributed by atoms with van der Waals surface area (Å²) < 4.78 is 11.6. The zero-order valence-corrected chi connectivity index (χ0v) is 18.0. The number of benzene rings is 1. The maximum atomic E-state index is 13.0. The van der Waals surface area contributed by atoms with E-state index in [4.69, 9.17) is 14.5 Å². The maximum absolute atomic E-state index is 13.0. The Kier molecular flexibility index (Phi) is 5.53. The Morgan fingerprint density at radius 2 is 1.68 bits per heavy atom. The van der Waals surface area contributed by atoms with Gasteiger partial charge in [-0.15, -0.1) is 0 Å². The summed E-state index contributed by atoms with van der Waals surface area (Å²) >= 11 is 0. The SMILES string of the molecule is Cc1cc(N2CCCCC2)nc(N2CCN(C(=O)C3COc4ccccc4O3)CC2)n1. The van der Waals surface area contributed by atoms with Crippen LogP contribution >= 0.6 is 0 Å². The topological polar surface area (TPSA) is 71.0 Å². The van der Waals surface area contributed by atoms with Crippen molar-refractivity contribution in [1.82, 2.24) is 14.9 Å². The lowest BCUT2D eigenvalue weighted by Crippen LogP contribution is -2.54. The van der Waals surface area contributed by atoms with E-state index in [1.54, 1.807) is 0 Å². The third-order valence-electron chi connectivity index (χ3n) is 6.17. The number of nitrogens with zero attached hydrogens (tertiary/aromatic N) is 5. The first kappa shape index (κ1) is 19.9. The van der Waals surface area contributed by atoms with E-state index in [0.29, 0.717) is 37.7 Å². The predicted octanol–water partition coefficient (Wildman–Crippen LogP) is 2.26. The molecule has 3 aliphatic heterocycles. The van der Waals surface area contributed by atoms with Gasteiger partial charge >= 0.3 is 0 Å². The monoisotopic (exact) mass is 423 g/mol. The van der Waals surface area contributed by atoms with Crippen LogP contribution in [0.3, 0.4) is 0 Å². The Balaban J connectivity index is 1.22. The number of amides is 1. The van der Waals surface area contributed by atoms with Crippen LogP contribution in [0.5, 0.6) is 11.5 Å². The van der Waals surface area contributed by atoms with E-state index in [0.717, 1.165) is 30.5 Å². The molecule has 31 heavy (non-hydrogen) atoms. The summed E-state index contributed by atoms with van der Waals surface area (Å²) in [5, 5.41) is 0. The summed E-state index contributed by atoms with van der Waals surface area (Å²) in [5.41, 5.74) is 0.982. The van der Waals surface area contributed by atoms with Gasteiger partial charge in [-0.25, -0.2) is 4.98 Å². The number of piperazine rings is 1. The summed E-state index contributed by atoms with van der Waals surface area (Å²) in [6, 6.07) is 9.55. The molecule has 5 rings (SSSR count). The fraction of sp³-hybridized carbons (Fsp3) is 0.522. The zero-order valence-electron chi connectivity index (χ0n) is 18.0. The van der Waals surface area contributed by atoms with Crippen LogP contribution in [0.15, 0.2) is 30.3 Å². The lowest BCUT2D eigenvalue weighted by atomic mass is 10.1. The first-order valence-corrected chi connectivity index (χ1v) is 11.2. The number of hydrogen-bond acceptors (Lipinski definition) is 7. The van der Waals surface area contributed by atoms with Crippen molar-refractivity contribution in [2.24, 2.45) is 0 Å². The second-order valence-corrected chi connectivity index (χ2v) is 8.39. The van der Waals surface area contributed by atoms with Crippen LogP contribution in [-0.2, 0) is 4.79 Å². The Morgan fingerprint density at radius 1 is 0.935 bits per heavy atom. The van der Waals surface area contributed by atoms with E-state index in [9.17, 15) is 4.79 Å². The van der Waals surface area contributed by atoms with E-state index < -0.39 is 6.10 Å². The number of aromatic nitrogens is 2. The molecule has 0 N–H and O–H groups in total. The predicted molar refractivity (Wildman–Crippen MR) is 118 cm³/mol. The Morgan fingerprint density at radius 3 is 2.45 bits per heavy atom. The van der Waals surface area contributed by atoms with E-state index >= 15 is 0 Å². The molecular weight excluding hydrogens is 394 g/mol. The second-order valence-electron chi connectivity index (χ2n) is 8.39. The highest BCUT2D eigenvalue weighted by Gasteiger charge is 2.33. The lowest BCUT2D eigenvalue weighted by Gasteiger charge is -2.37. The van der Waals surface area contributed by atoms with Gasteiger partial charge in [0.25, 0.3) is 5.91 Å². The Hall–Kier alpha value is -3.03. The summed E-state index contributed by atoms with van der Waals surface area (Å²) in [4.78, 5) is 28.9. The Bertz CT molecular complexity index is 939. The molecule has 0 spiro atoms. The van der Waals surface area contributed by atoms with Gasteiger partial charge in [0, 0.05) is 51.0 Å². The van der Waals surface area contributed by atoms with Crippen molar-refractivity contribution >= 4 is 17.7 Å². The molecule has 2 fully saturated rings. The van der Waals surface area contributed by atoms with Crippen molar-refractivity contribution in [1.29, 1.82) is 0 Å². The molecule has 4 heterocycles. The maximum Gasteiger partial charge on any atom is 0.267 e. The first-order chi connectivity index (χ1) is 15.2. The number of para-hydroxylation sites is 2. The summed E-state index contributed by atoms with van der Waals surface area (Å²) in [6.45, 7) is 7.05. The number of carbonyl (C=O) groups is 1. The van der Waals surface area contributed by atoms with Crippen molar-refractivity contribution in [3.05, 3.63) is 36.0 Å². The number of fused-ring (bicyclic) bond motifs is 1. The van der Waals surface area contributed by atoms with Crippen molar-refractivity contribution in [2.75, 3.05) is 55.7 Å². The van der Waals surface area contributed by atoms with Crippen molar-refractivity contribution in [3.8, 4) is 11.5 Å². The largest absolute Gasteiger partial charge is 0.485 e. The van der Waals surface area contributed by atoms with E-state index in [1.807, 2.05) is 36.1 Å². The van der Waals surface area contributed by atoms with E-state index in [2.05, 4.69) is 20.9 Å². The Labute approximate surface area is 182 Å². The van der Waals surface area contributed by atoms with Gasteiger partial charge in [-0.1, -0.05) is 12.1 Å². The molecule has 2 saturated heterocycles. The van der Waals surface area contributed by atoms with Crippen LogP contribution in [0.1, 0.15) is 25.0 Å². The normalized spacial score (nSPS) is 21.2. The molecule has 1 aromatic heterocycles. The molecule has 1 aromatic carbocycles. The molecule has 8 nitrogen and oxygen atoms in total. The van der Waals surface area contributed by atoms with Gasteiger partial charge in [-0.2, -0.15) is 4.98 Å². The third kappa shape index (κ3) is 4.24. The molecule has 0 aliphatic carbocycles. The zero-order chi connectivity index (χ0) is 21.2. The second kappa shape index (κ2) is 8.61. The quantitative estimate of drug-likeness (QED) is 0.750. The molecule has 1 unspecified atom stereocenters. The molecular formula is C23H29N5O3. The fourth-order valence-electron chi connectivity index (χ4n) is 4.43. The fourth-order valence-corrected chi connectivity index (χ4v) is 4.43. The summed E-state index contributed by atoms with van der Waals surface area (Å²) in [6.07, 6.45) is 3.14. The molecule has 2 aromatic rings. The van der Waals surface area contributed by atoms with Gasteiger partial charge in [0.2, 0.25) is 12.1 Å². The molecule has 0 radical (unpaired) electrons. The van der Waals surface area contributed by atoms with Crippen LogP contribution in [0.4, 0.5) is 11.8 Å².